The number of nitrogens with zero attached hydrogens (tertiary/aromatic N) is 2. The number of nitrogens with two attached hydrogens (primary N) is 1. The molecule has 0 aliphatic rings. The molecule has 0 bridgehead atoms. The Morgan fingerprint density at radius 2 is 2.15 bits per heavy atom. The van der Waals surface area contributed by atoms with Crippen LogP contribution in [0.25, 0.3) is 0 Å². The second-order valence-corrected chi connectivity index (χ2v) is 4.84. The predicted molar refractivity (Wildman–Crippen MR) is 74.2 cm³/mol. The van der Waals surface area contributed by atoms with E-state index in [1.165, 1.54) is 6.20 Å². The first-order valence-corrected chi connectivity index (χ1v) is 6.21. The number of nitrogen functional groups attached to an aromatic ring is 1. The smallest absolute Gasteiger partial charge is 0.312 e. The monoisotopic (exact) mass is 341 g/mol. The Morgan fingerprint density at radius 3 is 2.75 bits per heavy atom. The van der Waals surface area contributed by atoms with Crippen molar-refractivity contribution < 1.29 is 14.1 Å². The Hall–Kier alpha value is -2.22. The normalized spacial score (nSPS) is 10.3. The van der Waals surface area contributed by atoms with E-state index in [2.05, 4.69) is 20.9 Å². The third-order valence-corrected chi connectivity index (χ3v) is 3.06. The molecule has 0 aliphatic carbocycles. The number of nitro groups is 1. The largest absolute Gasteiger partial charge is 0.431 e. The van der Waals surface area contributed by atoms with Crippen LogP contribution in [0.4, 0.5) is 15.8 Å². The van der Waals surface area contributed by atoms with Crippen LogP contribution in [0.2, 0.25) is 0 Å². The highest BCUT2D eigenvalue weighted by molar-refractivity contribution is 9.10. The van der Waals surface area contributed by atoms with E-state index < -0.39 is 10.7 Å². The molecule has 20 heavy (non-hydrogen) atoms. The number of anilines is 1. The lowest BCUT2D eigenvalue weighted by Crippen LogP contribution is -1.98. The summed E-state index contributed by atoms with van der Waals surface area (Å²) in [4.78, 5) is 14.2. The van der Waals surface area contributed by atoms with Crippen molar-refractivity contribution in [1.82, 2.24) is 4.98 Å². The summed E-state index contributed by atoms with van der Waals surface area (Å²) < 4.78 is 18.8. The number of pyridine rings is 1. The number of aryl methyl sites for hydroxylation is 1. The molecule has 1 aromatic heterocycles. The van der Waals surface area contributed by atoms with E-state index in [9.17, 15) is 14.5 Å². The van der Waals surface area contributed by atoms with Gasteiger partial charge in [0.15, 0.2) is 0 Å². The van der Waals surface area contributed by atoms with E-state index >= 15 is 0 Å². The first-order valence-electron chi connectivity index (χ1n) is 5.42. The molecule has 2 rings (SSSR count). The molecule has 0 unspecified atom stereocenters. The molecule has 104 valence electrons. The van der Waals surface area contributed by atoms with Crippen molar-refractivity contribution in [2.24, 2.45) is 0 Å². The molecule has 0 fully saturated rings. The van der Waals surface area contributed by atoms with Crippen LogP contribution in [0, 0.1) is 22.9 Å². The van der Waals surface area contributed by atoms with Gasteiger partial charge in [0, 0.05) is 17.7 Å². The van der Waals surface area contributed by atoms with Crippen molar-refractivity contribution in [2.75, 3.05) is 5.73 Å². The average Bonchev–Trinajstić information content (AvgIpc) is 2.36. The number of hydrogen-bond acceptors (Lipinski definition) is 5. The van der Waals surface area contributed by atoms with Gasteiger partial charge in [0.2, 0.25) is 11.6 Å². The Balaban J connectivity index is 2.47. The highest BCUT2D eigenvalue weighted by atomic mass is 79.9. The van der Waals surface area contributed by atoms with E-state index in [-0.39, 0.29) is 21.8 Å². The zero-order valence-electron chi connectivity index (χ0n) is 10.3. The van der Waals surface area contributed by atoms with Gasteiger partial charge in [-0.15, -0.1) is 0 Å². The molecule has 0 saturated carbocycles. The molecule has 1 aromatic carbocycles. The molecule has 0 atom stereocenters. The van der Waals surface area contributed by atoms with Gasteiger partial charge in [0.25, 0.3) is 0 Å². The number of benzene rings is 1. The molecule has 0 aliphatic heterocycles. The van der Waals surface area contributed by atoms with E-state index in [0.717, 1.165) is 12.1 Å². The molecule has 8 heteroatoms. The summed E-state index contributed by atoms with van der Waals surface area (Å²) in [6.07, 6.45) is 1.35. The lowest BCUT2D eigenvalue weighted by molar-refractivity contribution is -0.385. The molecular formula is C12H9BrFN3O3. The number of hydrogen-bond donors (Lipinski definition) is 1. The molecule has 6 nitrogen and oxygen atoms in total. The van der Waals surface area contributed by atoms with Gasteiger partial charge in [0.05, 0.1) is 21.3 Å². The van der Waals surface area contributed by atoms with Gasteiger partial charge in [-0.2, -0.15) is 0 Å². The van der Waals surface area contributed by atoms with Gasteiger partial charge < -0.3 is 10.5 Å². The fourth-order valence-electron chi connectivity index (χ4n) is 1.54. The highest BCUT2D eigenvalue weighted by Crippen LogP contribution is 2.35. The topological polar surface area (TPSA) is 91.3 Å². The van der Waals surface area contributed by atoms with Crippen LogP contribution in [-0.4, -0.2) is 9.91 Å². The van der Waals surface area contributed by atoms with Crippen molar-refractivity contribution in [3.8, 4) is 11.6 Å². The third kappa shape index (κ3) is 2.85. The second kappa shape index (κ2) is 5.41. The number of nitro benzene ring substituents is 1. The van der Waals surface area contributed by atoms with Crippen LogP contribution in [0.3, 0.4) is 0 Å². The lowest BCUT2D eigenvalue weighted by atomic mass is 10.2. The van der Waals surface area contributed by atoms with Gasteiger partial charge in [0.1, 0.15) is 5.82 Å². The Labute approximate surface area is 121 Å². The maximum Gasteiger partial charge on any atom is 0.312 e. The summed E-state index contributed by atoms with van der Waals surface area (Å²) in [5.74, 6) is -0.765. The van der Waals surface area contributed by atoms with Crippen molar-refractivity contribution in [3.63, 3.8) is 0 Å². The molecule has 2 N–H and O–H groups in total. The van der Waals surface area contributed by atoms with E-state index in [1.54, 1.807) is 13.0 Å². The van der Waals surface area contributed by atoms with Crippen molar-refractivity contribution >= 4 is 27.3 Å². The van der Waals surface area contributed by atoms with Gasteiger partial charge in [-0.25, -0.2) is 9.37 Å². The maximum absolute atomic E-state index is 13.5. The molecule has 0 amide bonds. The number of aromatic nitrogens is 1. The summed E-state index contributed by atoms with van der Waals surface area (Å²) in [6.45, 7) is 1.68. The SMILES string of the molecule is Cc1cc(N)cnc1Oc1cc(F)c(Br)cc1[N+](=O)[O-]. The fraction of sp³-hybridized carbons (Fsp3) is 0.0833. The first kappa shape index (κ1) is 14.2. The second-order valence-electron chi connectivity index (χ2n) is 3.98. The predicted octanol–water partition coefficient (Wildman–Crippen LogP) is 3.57. The molecule has 1 heterocycles. The Morgan fingerprint density at radius 1 is 1.45 bits per heavy atom. The number of ether oxygens (including phenoxy) is 1. The molecule has 0 saturated heterocycles. The summed E-state index contributed by atoms with van der Waals surface area (Å²) in [6, 6.07) is 3.57. The first-order chi connectivity index (χ1) is 9.38. The van der Waals surface area contributed by atoms with Gasteiger partial charge in [-0.3, -0.25) is 10.1 Å². The quantitative estimate of drug-likeness (QED) is 0.680. The lowest BCUT2D eigenvalue weighted by Gasteiger charge is -2.09. The van der Waals surface area contributed by atoms with E-state index in [1.807, 2.05) is 0 Å². The molecule has 2 aromatic rings. The van der Waals surface area contributed by atoms with Crippen LogP contribution in [0.5, 0.6) is 11.6 Å². The van der Waals surface area contributed by atoms with Gasteiger partial charge in [-0.1, -0.05) is 0 Å². The zero-order valence-corrected chi connectivity index (χ0v) is 11.8. The van der Waals surface area contributed by atoms with E-state index in [4.69, 9.17) is 10.5 Å². The van der Waals surface area contributed by atoms with Crippen LogP contribution >= 0.6 is 15.9 Å². The van der Waals surface area contributed by atoms with Crippen LogP contribution in [0.15, 0.2) is 28.9 Å². The Kier molecular flexibility index (Phi) is 3.84. The minimum Gasteiger partial charge on any atom is -0.431 e. The number of halogens is 2. The van der Waals surface area contributed by atoms with Crippen LogP contribution < -0.4 is 10.5 Å². The third-order valence-electron chi connectivity index (χ3n) is 2.46. The minimum absolute atomic E-state index is 0.0152. The molecular weight excluding hydrogens is 333 g/mol. The van der Waals surface area contributed by atoms with Crippen LogP contribution in [0.1, 0.15) is 5.56 Å². The standard InChI is InChI=1S/C12H9BrFN3O3/c1-6-2-7(15)5-16-12(6)20-11-4-9(14)8(13)3-10(11)17(18)19/h2-5H,15H2,1H3. The van der Waals surface area contributed by atoms with Gasteiger partial charge >= 0.3 is 5.69 Å². The van der Waals surface area contributed by atoms with Gasteiger partial charge in [-0.05, 0) is 28.9 Å². The maximum atomic E-state index is 13.5. The summed E-state index contributed by atoms with van der Waals surface area (Å²) >= 11 is 2.89. The Bertz CT molecular complexity index is 694. The summed E-state index contributed by atoms with van der Waals surface area (Å²) in [5, 5.41) is 11.0. The van der Waals surface area contributed by atoms with Crippen molar-refractivity contribution in [3.05, 3.63) is 50.4 Å². The van der Waals surface area contributed by atoms with Crippen molar-refractivity contribution in [2.45, 2.75) is 6.92 Å². The van der Waals surface area contributed by atoms with Crippen LogP contribution in [-0.2, 0) is 0 Å². The average molecular weight is 342 g/mol. The summed E-state index contributed by atoms with van der Waals surface area (Å²) in [7, 11) is 0. The zero-order chi connectivity index (χ0) is 14.9. The van der Waals surface area contributed by atoms with Crippen molar-refractivity contribution in [1.29, 1.82) is 0 Å². The fourth-order valence-corrected chi connectivity index (χ4v) is 1.87. The summed E-state index contributed by atoms with van der Waals surface area (Å²) in [5.41, 5.74) is 6.21. The molecule has 0 spiro atoms. The molecule has 0 radical (unpaired) electrons. The minimum atomic E-state index is -0.668. The van der Waals surface area contributed by atoms with E-state index in [0.29, 0.717) is 11.3 Å². The highest BCUT2D eigenvalue weighted by Gasteiger charge is 2.20. The number of rotatable bonds is 3.